The second kappa shape index (κ2) is 8.86. The maximum absolute atomic E-state index is 15.4. The molecule has 0 radical (unpaired) electrons. The molecule has 4 rings (SSSR count). The summed E-state index contributed by atoms with van der Waals surface area (Å²) >= 11 is 0. The first-order valence-corrected chi connectivity index (χ1v) is 11.0. The molecule has 3 aromatic rings. The van der Waals surface area contributed by atoms with Crippen LogP contribution in [0.2, 0.25) is 0 Å². The average molecular weight is 426 g/mol. The average Bonchev–Trinajstić information content (AvgIpc) is 2.76. The Bertz CT molecular complexity index is 1060. The van der Waals surface area contributed by atoms with Crippen molar-refractivity contribution in [1.82, 2.24) is 0 Å². The predicted molar refractivity (Wildman–Crippen MR) is 118 cm³/mol. The molecule has 0 saturated heterocycles. The molecule has 0 atom stereocenters. The second-order valence-corrected chi connectivity index (χ2v) is 8.33. The zero-order valence-electron chi connectivity index (χ0n) is 17.7. The van der Waals surface area contributed by atoms with Gasteiger partial charge in [-0.25, -0.2) is 4.39 Å². The molecule has 1 aliphatic rings. The Hall–Kier alpha value is -2.62. The largest absolute Gasteiger partial charge is 0.416 e. The summed E-state index contributed by atoms with van der Waals surface area (Å²) in [6, 6.07) is 14.8. The minimum Gasteiger partial charge on any atom is -0.206 e. The van der Waals surface area contributed by atoms with Gasteiger partial charge in [-0.05, 0) is 71.2 Å². The maximum atomic E-state index is 15.4. The molecule has 3 aromatic carbocycles. The van der Waals surface area contributed by atoms with Crippen LogP contribution >= 0.6 is 0 Å². The fourth-order valence-corrected chi connectivity index (χ4v) is 4.47. The van der Waals surface area contributed by atoms with Crippen molar-refractivity contribution in [3.8, 4) is 22.3 Å². The first-order valence-electron chi connectivity index (χ1n) is 11.0. The molecule has 0 amide bonds. The summed E-state index contributed by atoms with van der Waals surface area (Å²) in [6.45, 7) is 2.21. The molecule has 0 aromatic heterocycles. The number of halogens is 4. The van der Waals surface area contributed by atoms with Crippen LogP contribution in [-0.2, 0) is 25.4 Å². The molecule has 0 bridgehead atoms. The molecule has 31 heavy (non-hydrogen) atoms. The van der Waals surface area contributed by atoms with E-state index in [9.17, 15) is 13.2 Å². The summed E-state index contributed by atoms with van der Waals surface area (Å²) in [5, 5.41) is 0. The molecule has 0 nitrogen and oxygen atoms in total. The Balaban J connectivity index is 1.61. The fraction of sp³-hybridized carbons (Fsp3) is 0.333. The third-order valence-electron chi connectivity index (χ3n) is 6.19. The van der Waals surface area contributed by atoms with E-state index >= 15 is 4.39 Å². The predicted octanol–water partition coefficient (Wildman–Crippen LogP) is 8.40. The van der Waals surface area contributed by atoms with Crippen molar-refractivity contribution in [2.24, 2.45) is 0 Å². The van der Waals surface area contributed by atoms with Gasteiger partial charge in [0.25, 0.3) is 0 Å². The zero-order valence-corrected chi connectivity index (χ0v) is 17.7. The monoisotopic (exact) mass is 426 g/mol. The SMILES string of the molecule is CCCCCCc1ccc2c(c1)CCc1c-2ccc(-c2ccc(C(F)(F)F)cc2)c1F. The van der Waals surface area contributed by atoms with Gasteiger partial charge in [0.2, 0.25) is 0 Å². The van der Waals surface area contributed by atoms with Crippen molar-refractivity contribution in [1.29, 1.82) is 0 Å². The van der Waals surface area contributed by atoms with E-state index in [-0.39, 0.29) is 5.82 Å². The normalized spacial score (nSPS) is 13.1. The highest BCUT2D eigenvalue weighted by Gasteiger charge is 2.30. The smallest absolute Gasteiger partial charge is 0.206 e. The number of unbranched alkanes of at least 4 members (excludes halogenated alkanes) is 3. The van der Waals surface area contributed by atoms with Gasteiger partial charge in [-0.3, -0.25) is 0 Å². The summed E-state index contributed by atoms with van der Waals surface area (Å²) in [5.41, 5.74) is 5.28. The quantitative estimate of drug-likeness (QED) is 0.274. The van der Waals surface area contributed by atoms with E-state index < -0.39 is 11.7 Å². The Morgan fingerprint density at radius 2 is 1.48 bits per heavy atom. The number of hydrogen-bond donors (Lipinski definition) is 0. The lowest BCUT2D eigenvalue weighted by Gasteiger charge is -2.22. The molecule has 0 spiro atoms. The van der Waals surface area contributed by atoms with E-state index in [2.05, 4.69) is 25.1 Å². The summed E-state index contributed by atoms with van der Waals surface area (Å²) in [5.74, 6) is -0.327. The Morgan fingerprint density at radius 1 is 0.774 bits per heavy atom. The van der Waals surface area contributed by atoms with Gasteiger partial charge in [0, 0.05) is 5.56 Å². The van der Waals surface area contributed by atoms with Gasteiger partial charge in [0.1, 0.15) is 5.82 Å². The summed E-state index contributed by atoms with van der Waals surface area (Å²) in [7, 11) is 0. The van der Waals surface area contributed by atoms with Crippen molar-refractivity contribution in [3.05, 3.63) is 82.7 Å². The van der Waals surface area contributed by atoms with E-state index in [1.54, 1.807) is 6.07 Å². The molecule has 4 heteroatoms. The van der Waals surface area contributed by atoms with Gasteiger partial charge in [0.05, 0.1) is 5.56 Å². The van der Waals surface area contributed by atoms with Crippen LogP contribution in [0.15, 0.2) is 54.6 Å². The minimum absolute atomic E-state index is 0.327. The Morgan fingerprint density at radius 3 is 2.19 bits per heavy atom. The summed E-state index contributed by atoms with van der Waals surface area (Å²) in [4.78, 5) is 0. The molecular weight excluding hydrogens is 400 g/mol. The van der Waals surface area contributed by atoms with Crippen LogP contribution in [0.5, 0.6) is 0 Å². The highest BCUT2D eigenvalue weighted by atomic mass is 19.4. The molecule has 0 saturated carbocycles. The molecule has 162 valence electrons. The van der Waals surface area contributed by atoms with E-state index in [1.165, 1.54) is 48.9 Å². The summed E-state index contributed by atoms with van der Waals surface area (Å²) in [6.07, 6.45) is 2.97. The molecule has 0 heterocycles. The van der Waals surface area contributed by atoms with E-state index in [4.69, 9.17) is 0 Å². The van der Waals surface area contributed by atoms with Gasteiger partial charge in [-0.1, -0.05) is 68.7 Å². The van der Waals surface area contributed by atoms with Gasteiger partial charge in [0.15, 0.2) is 0 Å². The second-order valence-electron chi connectivity index (χ2n) is 8.33. The zero-order chi connectivity index (χ0) is 22.0. The van der Waals surface area contributed by atoms with Crippen molar-refractivity contribution < 1.29 is 17.6 Å². The van der Waals surface area contributed by atoms with E-state index in [1.807, 2.05) is 6.07 Å². The lowest BCUT2D eigenvalue weighted by molar-refractivity contribution is -0.137. The number of benzene rings is 3. The fourth-order valence-electron chi connectivity index (χ4n) is 4.47. The van der Waals surface area contributed by atoms with Crippen LogP contribution in [0.1, 0.15) is 54.9 Å². The van der Waals surface area contributed by atoms with E-state index in [0.717, 1.165) is 36.1 Å². The van der Waals surface area contributed by atoms with Gasteiger partial charge in [-0.2, -0.15) is 13.2 Å². The van der Waals surface area contributed by atoms with Crippen LogP contribution < -0.4 is 0 Å². The number of alkyl halides is 3. The number of aryl methyl sites for hydroxylation is 2. The Kier molecular flexibility index (Phi) is 6.17. The van der Waals surface area contributed by atoms with Crippen molar-refractivity contribution >= 4 is 0 Å². The molecule has 0 aliphatic heterocycles. The van der Waals surface area contributed by atoms with Crippen molar-refractivity contribution in [3.63, 3.8) is 0 Å². The lowest BCUT2D eigenvalue weighted by atomic mass is 9.82. The van der Waals surface area contributed by atoms with Crippen LogP contribution in [0.3, 0.4) is 0 Å². The molecule has 0 unspecified atom stereocenters. The summed E-state index contributed by atoms with van der Waals surface area (Å²) < 4.78 is 53.8. The number of hydrogen-bond acceptors (Lipinski definition) is 0. The van der Waals surface area contributed by atoms with Crippen LogP contribution in [0.25, 0.3) is 22.3 Å². The lowest BCUT2D eigenvalue weighted by Crippen LogP contribution is -2.08. The van der Waals surface area contributed by atoms with E-state index in [0.29, 0.717) is 23.1 Å². The maximum Gasteiger partial charge on any atom is 0.416 e. The number of rotatable bonds is 6. The molecule has 0 fully saturated rings. The minimum atomic E-state index is -4.40. The van der Waals surface area contributed by atoms with Crippen LogP contribution in [-0.4, -0.2) is 0 Å². The third-order valence-corrected chi connectivity index (χ3v) is 6.19. The first-order chi connectivity index (χ1) is 14.9. The van der Waals surface area contributed by atoms with Crippen LogP contribution in [0.4, 0.5) is 17.6 Å². The van der Waals surface area contributed by atoms with Gasteiger partial charge >= 0.3 is 6.18 Å². The molecule has 0 N–H and O–H groups in total. The topological polar surface area (TPSA) is 0 Å². The van der Waals surface area contributed by atoms with Crippen LogP contribution in [0, 0.1) is 5.82 Å². The van der Waals surface area contributed by atoms with Gasteiger partial charge < -0.3 is 0 Å². The van der Waals surface area contributed by atoms with Gasteiger partial charge in [-0.15, -0.1) is 0 Å². The van der Waals surface area contributed by atoms with Crippen molar-refractivity contribution in [2.45, 2.75) is 58.0 Å². The van der Waals surface area contributed by atoms with Crippen molar-refractivity contribution in [2.75, 3.05) is 0 Å². The first kappa shape index (κ1) is 21.6. The Labute approximate surface area is 180 Å². The molecule has 1 aliphatic carbocycles. The standard InChI is InChI=1S/C27H26F4/c1-2-3-4-5-6-18-7-13-22-20(17-18)10-14-25-24(22)16-15-23(26(25)28)19-8-11-21(12-9-19)27(29,30)31/h7-9,11-13,15-17H,2-6,10,14H2,1H3. The molecular formula is C27H26F4. The highest BCUT2D eigenvalue weighted by Crippen LogP contribution is 2.39. The third kappa shape index (κ3) is 4.53. The number of fused-ring (bicyclic) bond motifs is 3. The highest BCUT2D eigenvalue weighted by molar-refractivity contribution is 5.78.